The fourth-order valence-electron chi connectivity index (χ4n) is 4.71. The second-order valence-electron chi connectivity index (χ2n) is 8.65. The van der Waals surface area contributed by atoms with Crippen molar-refractivity contribution >= 4 is 34.0 Å². The van der Waals surface area contributed by atoms with Crippen LogP contribution < -0.4 is 14.4 Å². The van der Waals surface area contributed by atoms with Gasteiger partial charge in [-0.3, -0.25) is 14.5 Å². The number of aromatic nitrogens is 1. The van der Waals surface area contributed by atoms with E-state index in [0.717, 1.165) is 18.4 Å². The van der Waals surface area contributed by atoms with Gasteiger partial charge in [0.1, 0.15) is 25.6 Å². The molecule has 1 fully saturated rings. The van der Waals surface area contributed by atoms with Crippen LogP contribution in [0.5, 0.6) is 11.5 Å². The molecule has 1 saturated carbocycles. The van der Waals surface area contributed by atoms with Gasteiger partial charge in [0.05, 0.1) is 16.8 Å². The predicted molar refractivity (Wildman–Crippen MR) is 129 cm³/mol. The van der Waals surface area contributed by atoms with Crippen molar-refractivity contribution < 1.29 is 28.2 Å². The number of fused-ring (bicyclic) bond motifs is 1. The van der Waals surface area contributed by atoms with Gasteiger partial charge in [0.15, 0.2) is 16.6 Å². The molecule has 0 N–H and O–H groups in total. The number of amides is 1. The molecule has 1 aromatic heterocycles. The molecule has 0 saturated heterocycles. The molecule has 7 nitrogen and oxygen atoms in total. The molecule has 0 spiro atoms. The van der Waals surface area contributed by atoms with E-state index in [2.05, 4.69) is 4.98 Å². The summed E-state index contributed by atoms with van der Waals surface area (Å²) in [6.45, 7) is 2.30. The summed E-state index contributed by atoms with van der Waals surface area (Å²) in [5.74, 6) is 0.139. The number of esters is 1. The van der Waals surface area contributed by atoms with Crippen LogP contribution in [0, 0.1) is 5.82 Å². The minimum Gasteiger partial charge on any atom is -0.486 e. The first-order valence-electron chi connectivity index (χ1n) is 11.5. The fourth-order valence-corrected chi connectivity index (χ4v) is 5.58. The monoisotopic (exact) mass is 496 g/mol. The lowest BCUT2D eigenvalue weighted by Crippen LogP contribution is -2.35. The van der Waals surface area contributed by atoms with Gasteiger partial charge in [-0.1, -0.05) is 31.0 Å². The third-order valence-electron chi connectivity index (χ3n) is 6.43. The summed E-state index contributed by atoms with van der Waals surface area (Å²) in [6.07, 6.45) is 3.25. The topological polar surface area (TPSA) is 78.0 Å². The maximum atomic E-state index is 14.3. The molecule has 1 amide bonds. The van der Waals surface area contributed by atoms with E-state index in [1.807, 2.05) is 18.2 Å². The summed E-state index contributed by atoms with van der Waals surface area (Å²) in [7, 11) is 0. The van der Waals surface area contributed by atoms with Crippen molar-refractivity contribution in [1.82, 2.24) is 4.98 Å². The number of hydrogen-bond donors (Lipinski definition) is 0. The van der Waals surface area contributed by atoms with Crippen LogP contribution in [0.1, 0.15) is 43.9 Å². The van der Waals surface area contributed by atoms with Crippen molar-refractivity contribution in [2.24, 2.45) is 0 Å². The van der Waals surface area contributed by atoms with Crippen molar-refractivity contribution in [2.75, 3.05) is 18.1 Å². The standard InChI is InChI=1S/C26H25FN2O5S/c1-17(30)29(21-7-3-2-6-20(21)27)25-28-19(16-35-25)15-34-24(31)26(10-4-5-11-26)18-8-9-22-23(14-18)33-13-12-32-22/h2-3,6-9,14,16H,4-5,10-13,15H2,1H3. The van der Waals surface area contributed by atoms with Crippen molar-refractivity contribution in [3.63, 3.8) is 0 Å². The van der Waals surface area contributed by atoms with Gasteiger partial charge in [-0.05, 0) is 42.7 Å². The molecule has 35 heavy (non-hydrogen) atoms. The van der Waals surface area contributed by atoms with Crippen molar-refractivity contribution in [2.45, 2.75) is 44.6 Å². The molecular formula is C26H25FN2O5S. The SMILES string of the molecule is CC(=O)N(c1nc(COC(=O)C2(c3ccc4c(c3)OCCO4)CCCC2)cs1)c1ccccc1F. The van der Waals surface area contributed by atoms with E-state index in [1.165, 1.54) is 35.3 Å². The van der Waals surface area contributed by atoms with Gasteiger partial charge in [0.25, 0.3) is 0 Å². The summed E-state index contributed by atoms with van der Waals surface area (Å²) in [6, 6.07) is 11.7. The minimum absolute atomic E-state index is 0.0371. The third kappa shape index (κ3) is 4.48. The van der Waals surface area contributed by atoms with Gasteiger partial charge in [0.2, 0.25) is 5.91 Å². The number of para-hydroxylation sites is 1. The maximum absolute atomic E-state index is 14.3. The highest BCUT2D eigenvalue weighted by atomic mass is 32.1. The molecular weight excluding hydrogens is 471 g/mol. The van der Waals surface area contributed by atoms with E-state index >= 15 is 0 Å². The second-order valence-corrected chi connectivity index (χ2v) is 9.49. The van der Waals surface area contributed by atoms with Gasteiger partial charge in [-0.15, -0.1) is 11.3 Å². The van der Waals surface area contributed by atoms with Gasteiger partial charge in [-0.25, -0.2) is 9.37 Å². The van der Waals surface area contributed by atoms with Crippen molar-refractivity contribution in [3.05, 3.63) is 64.9 Å². The number of hydrogen-bond acceptors (Lipinski definition) is 7. The summed E-state index contributed by atoms with van der Waals surface area (Å²) in [5.41, 5.74) is 0.746. The van der Waals surface area contributed by atoms with Gasteiger partial charge in [-0.2, -0.15) is 0 Å². The lowest BCUT2D eigenvalue weighted by Gasteiger charge is -2.28. The Bertz CT molecular complexity index is 1250. The van der Waals surface area contributed by atoms with E-state index in [4.69, 9.17) is 14.2 Å². The molecule has 1 aliphatic carbocycles. The van der Waals surface area contributed by atoms with Gasteiger partial charge < -0.3 is 14.2 Å². The van der Waals surface area contributed by atoms with E-state index < -0.39 is 11.2 Å². The maximum Gasteiger partial charge on any atom is 0.316 e. The molecule has 9 heteroatoms. The number of nitrogens with zero attached hydrogens (tertiary/aromatic N) is 2. The highest BCUT2D eigenvalue weighted by molar-refractivity contribution is 7.14. The molecule has 2 aromatic carbocycles. The van der Waals surface area contributed by atoms with Crippen molar-refractivity contribution in [3.8, 4) is 11.5 Å². The van der Waals surface area contributed by atoms with Crippen LogP contribution in [0.25, 0.3) is 0 Å². The lowest BCUT2D eigenvalue weighted by molar-refractivity contribution is -0.152. The van der Waals surface area contributed by atoms with Crippen LogP contribution >= 0.6 is 11.3 Å². The third-order valence-corrected chi connectivity index (χ3v) is 7.31. The number of anilines is 2. The first-order valence-corrected chi connectivity index (χ1v) is 12.4. The molecule has 0 atom stereocenters. The van der Waals surface area contributed by atoms with E-state index in [0.29, 0.717) is 48.4 Å². The summed E-state index contributed by atoms with van der Waals surface area (Å²) in [5, 5.41) is 2.03. The average molecular weight is 497 g/mol. The van der Waals surface area contributed by atoms with Crippen LogP contribution in [-0.4, -0.2) is 30.1 Å². The molecule has 1 aliphatic heterocycles. The minimum atomic E-state index is -0.743. The molecule has 0 bridgehead atoms. The quantitative estimate of drug-likeness (QED) is 0.432. The van der Waals surface area contributed by atoms with Crippen LogP contribution in [0.3, 0.4) is 0 Å². The van der Waals surface area contributed by atoms with Crippen LogP contribution in [0.15, 0.2) is 47.8 Å². The largest absolute Gasteiger partial charge is 0.486 e. The highest BCUT2D eigenvalue weighted by Gasteiger charge is 2.45. The van der Waals surface area contributed by atoms with Crippen LogP contribution in [0.2, 0.25) is 0 Å². The normalized spacial score (nSPS) is 16.1. The lowest BCUT2D eigenvalue weighted by atomic mass is 9.78. The van der Waals surface area contributed by atoms with Crippen molar-refractivity contribution in [1.29, 1.82) is 0 Å². The van der Waals surface area contributed by atoms with Gasteiger partial charge >= 0.3 is 5.97 Å². The van der Waals surface area contributed by atoms with E-state index in [1.54, 1.807) is 17.5 Å². The summed E-state index contributed by atoms with van der Waals surface area (Å²) in [4.78, 5) is 31.3. The van der Waals surface area contributed by atoms with E-state index in [-0.39, 0.29) is 24.2 Å². The zero-order valence-electron chi connectivity index (χ0n) is 19.3. The highest BCUT2D eigenvalue weighted by Crippen LogP contribution is 2.45. The molecule has 2 heterocycles. The predicted octanol–water partition coefficient (Wildman–Crippen LogP) is 5.29. The van der Waals surface area contributed by atoms with Crippen LogP contribution in [0.4, 0.5) is 15.2 Å². The average Bonchev–Trinajstić information content (AvgIpc) is 3.54. The smallest absolute Gasteiger partial charge is 0.316 e. The first kappa shape index (κ1) is 23.3. The number of ether oxygens (including phenoxy) is 3. The molecule has 3 aromatic rings. The number of thiazole rings is 1. The van der Waals surface area contributed by atoms with Gasteiger partial charge in [0, 0.05) is 12.3 Å². The number of halogens is 1. The molecule has 5 rings (SSSR count). The fraction of sp³-hybridized carbons (Fsp3) is 0.346. The Balaban J connectivity index is 1.33. The Kier molecular flexibility index (Phi) is 6.42. The summed E-state index contributed by atoms with van der Waals surface area (Å²) >= 11 is 1.19. The Labute approximate surface area is 206 Å². The number of benzene rings is 2. The zero-order valence-corrected chi connectivity index (χ0v) is 20.1. The molecule has 0 unspecified atom stereocenters. The van der Waals surface area contributed by atoms with Crippen LogP contribution in [-0.2, 0) is 26.3 Å². The summed E-state index contributed by atoms with van der Waals surface area (Å²) < 4.78 is 31.4. The molecule has 0 radical (unpaired) electrons. The Morgan fingerprint density at radius 3 is 2.60 bits per heavy atom. The second kappa shape index (κ2) is 9.65. The Hall–Kier alpha value is -3.46. The first-order chi connectivity index (χ1) is 17.0. The molecule has 182 valence electrons. The number of carbonyl (C=O) groups is 2. The zero-order chi connectivity index (χ0) is 24.4. The number of rotatable bonds is 6. The Morgan fingerprint density at radius 2 is 1.86 bits per heavy atom. The Morgan fingerprint density at radius 1 is 1.11 bits per heavy atom. The molecule has 2 aliphatic rings. The van der Waals surface area contributed by atoms with E-state index in [9.17, 15) is 14.0 Å². The number of carbonyl (C=O) groups excluding carboxylic acids is 2.